The highest BCUT2D eigenvalue weighted by molar-refractivity contribution is 5.90. The van der Waals surface area contributed by atoms with Gasteiger partial charge in [0.05, 0.1) is 18.7 Å². The number of alkyl halides is 3. The number of ether oxygens (including phenoxy) is 1. The van der Waals surface area contributed by atoms with E-state index >= 15 is 0 Å². The Labute approximate surface area is 199 Å². The Morgan fingerprint density at radius 2 is 1.91 bits per heavy atom. The molecule has 0 radical (unpaired) electrons. The van der Waals surface area contributed by atoms with E-state index in [4.69, 9.17) is 4.74 Å². The van der Waals surface area contributed by atoms with Crippen molar-refractivity contribution in [2.75, 3.05) is 18.5 Å². The van der Waals surface area contributed by atoms with E-state index in [0.29, 0.717) is 35.6 Å². The molecule has 5 rings (SSSR count). The van der Waals surface area contributed by atoms with Crippen LogP contribution in [0.2, 0.25) is 0 Å². The molecule has 3 N–H and O–H groups in total. The lowest BCUT2D eigenvalue weighted by atomic mass is 9.58. The van der Waals surface area contributed by atoms with Crippen LogP contribution >= 0.6 is 0 Å². The van der Waals surface area contributed by atoms with E-state index in [2.05, 4.69) is 15.3 Å². The van der Waals surface area contributed by atoms with Crippen molar-refractivity contribution in [1.29, 1.82) is 0 Å². The number of nitrogens with zero attached hydrogens (tertiary/aromatic N) is 2. The number of nitrogens with one attached hydrogen (secondary N) is 1. The van der Waals surface area contributed by atoms with Crippen molar-refractivity contribution in [3.8, 4) is 5.75 Å². The van der Waals surface area contributed by atoms with Crippen LogP contribution in [0.3, 0.4) is 0 Å². The highest BCUT2D eigenvalue weighted by atomic mass is 19.4. The van der Waals surface area contributed by atoms with E-state index in [-0.39, 0.29) is 16.8 Å². The molecule has 186 valence electrons. The molecule has 2 heterocycles. The molecule has 2 atom stereocenters. The van der Waals surface area contributed by atoms with Crippen LogP contribution in [0.5, 0.6) is 5.75 Å². The van der Waals surface area contributed by atoms with Crippen LogP contribution in [0.1, 0.15) is 42.8 Å². The van der Waals surface area contributed by atoms with Crippen LogP contribution in [-0.4, -0.2) is 45.1 Å². The van der Waals surface area contributed by atoms with Gasteiger partial charge >= 0.3 is 6.18 Å². The first-order valence-corrected chi connectivity index (χ1v) is 11.2. The Kier molecular flexibility index (Phi) is 5.09. The quantitative estimate of drug-likeness (QED) is 0.474. The summed E-state index contributed by atoms with van der Waals surface area (Å²) in [5.41, 5.74) is -5.89. The number of aromatic nitrogens is 2. The van der Waals surface area contributed by atoms with E-state index in [9.17, 15) is 27.8 Å². The van der Waals surface area contributed by atoms with Crippen molar-refractivity contribution in [3.63, 3.8) is 0 Å². The standard InChI is InChI=1S/C25H25F4N3O3/c1-13-30-10-16-18(8-15(26)9-19(16)32-13)31-12-23(33)17-5-4-14-6-7-35-21(14)20(17)22(2,3)11-24(23,34)25(27,28)29/h4-5,8-10,31,33-34H,6-7,11-12H2,1-3H3. The van der Waals surface area contributed by atoms with Gasteiger partial charge in [0, 0.05) is 35.3 Å². The van der Waals surface area contributed by atoms with Crippen LogP contribution in [0.15, 0.2) is 30.5 Å². The third-order valence-electron chi connectivity index (χ3n) is 7.15. The third kappa shape index (κ3) is 3.45. The molecule has 0 saturated heterocycles. The maximum absolute atomic E-state index is 14.5. The fraction of sp³-hybridized carbons (Fsp3) is 0.440. The molecule has 0 saturated carbocycles. The number of aryl methyl sites for hydroxylation is 1. The summed E-state index contributed by atoms with van der Waals surface area (Å²) in [6.07, 6.45) is -3.92. The Hall–Kier alpha value is -2.98. The van der Waals surface area contributed by atoms with E-state index < -0.39 is 41.6 Å². The molecule has 2 aliphatic rings. The summed E-state index contributed by atoms with van der Waals surface area (Å²) in [5.74, 6) is 0.194. The molecule has 10 heteroatoms. The maximum Gasteiger partial charge on any atom is 0.420 e. The molecule has 0 bridgehead atoms. The Morgan fingerprint density at radius 1 is 1.17 bits per heavy atom. The predicted molar refractivity (Wildman–Crippen MR) is 121 cm³/mol. The average molecular weight is 491 g/mol. The zero-order chi connectivity index (χ0) is 25.4. The smallest absolute Gasteiger partial charge is 0.420 e. The second-order valence-corrected chi connectivity index (χ2v) is 10.0. The van der Waals surface area contributed by atoms with E-state index in [1.54, 1.807) is 26.8 Å². The molecular formula is C25H25F4N3O3. The number of hydrogen-bond acceptors (Lipinski definition) is 6. The van der Waals surface area contributed by atoms with Crippen molar-refractivity contribution in [2.45, 2.75) is 56.4 Å². The van der Waals surface area contributed by atoms with Gasteiger partial charge in [-0.3, -0.25) is 0 Å². The first kappa shape index (κ1) is 23.7. The average Bonchev–Trinajstić information content (AvgIpc) is 3.23. The van der Waals surface area contributed by atoms with Crippen molar-refractivity contribution in [1.82, 2.24) is 9.97 Å². The molecular weight excluding hydrogens is 466 g/mol. The zero-order valence-corrected chi connectivity index (χ0v) is 19.4. The molecule has 1 aromatic heterocycles. The fourth-order valence-corrected chi connectivity index (χ4v) is 5.50. The minimum atomic E-state index is -5.16. The van der Waals surface area contributed by atoms with Crippen molar-refractivity contribution in [2.24, 2.45) is 0 Å². The van der Waals surface area contributed by atoms with Gasteiger partial charge in [0.25, 0.3) is 0 Å². The lowest BCUT2D eigenvalue weighted by Crippen LogP contribution is -2.68. The summed E-state index contributed by atoms with van der Waals surface area (Å²) < 4.78 is 63.5. The first-order chi connectivity index (χ1) is 16.3. The van der Waals surface area contributed by atoms with Gasteiger partial charge in [-0.1, -0.05) is 26.0 Å². The molecule has 0 fully saturated rings. The molecule has 6 nitrogen and oxygen atoms in total. The van der Waals surface area contributed by atoms with Crippen LogP contribution in [0.4, 0.5) is 23.2 Å². The minimum Gasteiger partial charge on any atom is -0.493 e. The van der Waals surface area contributed by atoms with Gasteiger partial charge < -0.3 is 20.3 Å². The summed E-state index contributed by atoms with van der Waals surface area (Å²) in [7, 11) is 0. The van der Waals surface area contributed by atoms with Gasteiger partial charge in [0.2, 0.25) is 0 Å². The number of fused-ring (bicyclic) bond motifs is 4. The number of halogens is 4. The molecule has 0 spiro atoms. The summed E-state index contributed by atoms with van der Waals surface area (Å²) in [6.45, 7) is 4.45. The van der Waals surface area contributed by atoms with Gasteiger partial charge in [-0.15, -0.1) is 0 Å². The lowest BCUT2D eigenvalue weighted by molar-refractivity contribution is -0.330. The monoisotopic (exact) mass is 491 g/mol. The number of aliphatic hydroxyl groups is 2. The second kappa shape index (κ2) is 7.51. The van der Waals surface area contributed by atoms with Crippen molar-refractivity contribution in [3.05, 3.63) is 58.8 Å². The molecule has 35 heavy (non-hydrogen) atoms. The number of anilines is 1. The van der Waals surface area contributed by atoms with E-state index in [1.807, 2.05) is 0 Å². The third-order valence-corrected chi connectivity index (χ3v) is 7.15. The van der Waals surface area contributed by atoms with Crippen molar-refractivity contribution < 1.29 is 32.5 Å². The molecule has 2 unspecified atom stereocenters. The van der Waals surface area contributed by atoms with E-state index in [1.165, 1.54) is 18.3 Å². The second-order valence-electron chi connectivity index (χ2n) is 10.0. The van der Waals surface area contributed by atoms with E-state index in [0.717, 1.165) is 11.6 Å². The first-order valence-electron chi connectivity index (χ1n) is 11.2. The normalized spacial score (nSPS) is 25.2. The molecule has 2 aromatic carbocycles. The highest BCUT2D eigenvalue weighted by Gasteiger charge is 2.71. The largest absolute Gasteiger partial charge is 0.493 e. The summed E-state index contributed by atoms with van der Waals surface area (Å²) >= 11 is 0. The number of hydrogen-bond donors (Lipinski definition) is 3. The predicted octanol–water partition coefficient (Wildman–Crippen LogP) is 4.29. The topological polar surface area (TPSA) is 87.5 Å². The van der Waals surface area contributed by atoms with Crippen LogP contribution in [-0.2, 0) is 17.4 Å². The van der Waals surface area contributed by atoms with Gasteiger partial charge in [-0.25, -0.2) is 14.4 Å². The summed E-state index contributed by atoms with van der Waals surface area (Å²) in [4.78, 5) is 8.26. The molecule has 0 amide bonds. The molecule has 1 aliphatic heterocycles. The molecule has 3 aromatic rings. The van der Waals surface area contributed by atoms with Gasteiger partial charge in [0.15, 0.2) is 5.60 Å². The minimum absolute atomic E-state index is 0.0745. The van der Waals surface area contributed by atoms with Crippen molar-refractivity contribution >= 4 is 16.6 Å². The summed E-state index contributed by atoms with van der Waals surface area (Å²) in [6, 6.07) is 5.34. The number of rotatable bonds is 3. The van der Waals surface area contributed by atoms with Gasteiger partial charge in [-0.2, -0.15) is 13.2 Å². The number of benzene rings is 2. The maximum atomic E-state index is 14.5. The zero-order valence-electron chi connectivity index (χ0n) is 19.4. The van der Waals surface area contributed by atoms with Crippen LogP contribution < -0.4 is 10.1 Å². The molecule has 1 aliphatic carbocycles. The fourth-order valence-electron chi connectivity index (χ4n) is 5.50. The Bertz CT molecular complexity index is 1340. The van der Waals surface area contributed by atoms with Crippen LogP contribution in [0.25, 0.3) is 10.9 Å². The Balaban J connectivity index is 1.67. The summed E-state index contributed by atoms with van der Waals surface area (Å²) in [5, 5.41) is 26.1. The SMILES string of the molecule is Cc1ncc2c(NCC3(O)c4ccc5c(c4C(C)(C)CC3(O)C(F)(F)F)OCC5)cc(F)cc2n1. The van der Waals surface area contributed by atoms with Gasteiger partial charge in [-0.05, 0) is 36.0 Å². The van der Waals surface area contributed by atoms with Gasteiger partial charge in [0.1, 0.15) is 23.0 Å². The highest BCUT2D eigenvalue weighted by Crippen LogP contribution is 2.59. The lowest BCUT2D eigenvalue weighted by Gasteiger charge is -2.53. The van der Waals surface area contributed by atoms with Crippen LogP contribution in [0, 0.1) is 12.7 Å². The Morgan fingerprint density at radius 3 is 2.63 bits per heavy atom.